The van der Waals surface area contributed by atoms with Crippen molar-refractivity contribution in [3.8, 4) is 0 Å². The van der Waals surface area contributed by atoms with Crippen molar-refractivity contribution in [1.82, 2.24) is 4.90 Å². The van der Waals surface area contributed by atoms with Gasteiger partial charge in [0.2, 0.25) is 0 Å². The summed E-state index contributed by atoms with van der Waals surface area (Å²) in [4.78, 5) is 15.5. The highest BCUT2D eigenvalue weighted by Gasteiger charge is 2.42. The van der Waals surface area contributed by atoms with E-state index in [2.05, 4.69) is 30.9 Å². The number of carboxylic acid groups (broad SMARTS) is 1. The Morgan fingerprint density at radius 3 is 2.78 bits per heavy atom. The Kier molecular flexibility index (Phi) is 3.75. The Labute approximate surface area is 111 Å². The Balaban J connectivity index is 1.86. The maximum absolute atomic E-state index is 10.5. The predicted molar refractivity (Wildman–Crippen MR) is 71.0 cm³/mol. The fourth-order valence-corrected chi connectivity index (χ4v) is 3.24. The van der Waals surface area contributed by atoms with Gasteiger partial charge < -0.3 is 9.84 Å². The van der Waals surface area contributed by atoms with E-state index in [-0.39, 0.29) is 12.2 Å². The molecule has 1 aromatic heterocycles. The van der Waals surface area contributed by atoms with Crippen molar-refractivity contribution in [3.05, 3.63) is 21.9 Å². The average molecular weight is 269 g/mol. The van der Waals surface area contributed by atoms with Gasteiger partial charge in [0.05, 0.1) is 5.60 Å². The number of carbonyl (C=O) groups is 1. The fraction of sp³-hybridized carbons (Fsp3) is 0.615. The van der Waals surface area contributed by atoms with Crippen molar-refractivity contribution in [2.75, 3.05) is 19.7 Å². The molecule has 1 unspecified atom stereocenters. The van der Waals surface area contributed by atoms with E-state index in [0.717, 1.165) is 13.1 Å². The molecule has 1 N–H and O–H groups in total. The standard InChI is InChI=1S/C13H19NO3S/c1-9-4-5-11(18-9)10(2)14-7-13(3,8-14)17-6-12(15)16/h4-5,10H,6-8H2,1-3H3,(H,15,16). The van der Waals surface area contributed by atoms with Crippen molar-refractivity contribution in [3.63, 3.8) is 0 Å². The van der Waals surface area contributed by atoms with E-state index in [4.69, 9.17) is 9.84 Å². The first-order valence-electron chi connectivity index (χ1n) is 6.06. The fourth-order valence-electron chi connectivity index (χ4n) is 2.27. The summed E-state index contributed by atoms with van der Waals surface area (Å²) in [5.41, 5.74) is -0.307. The minimum atomic E-state index is -0.906. The van der Waals surface area contributed by atoms with Crippen LogP contribution in [0, 0.1) is 6.92 Å². The number of carboxylic acids is 1. The van der Waals surface area contributed by atoms with Gasteiger partial charge in [-0.1, -0.05) is 0 Å². The molecule has 0 amide bonds. The summed E-state index contributed by atoms with van der Waals surface area (Å²) in [6.45, 7) is 7.63. The van der Waals surface area contributed by atoms with E-state index in [1.807, 2.05) is 18.3 Å². The summed E-state index contributed by atoms with van der Waals surface area (Å²) in [5, 5.41) is 8.62. The molecule has 2 heterocycles. The van der Waals surface area contributed by atoms with Gasteiger partial charge in [0, 0.05) is 28.9 Å². The molecule has 1 aromatic rings. The Hall–Kier alpha value is -0.910. The molecular formula is C13H19NO3S. The lowest BCUT2D eigenvalue weighted by Gasteiger charge is -2.49. The summed E-state index contributed by atoms with van der Waals surface area (Å²) in [6, 6.07) is 4.68. The molecule has 1 aliphatic heterocycles. The highest BCUT2D eigenvalue weighted by atomic mass is 32.1. The number of aryl methyl sites for hydroxylation is 1. The topological polar surface area (TPSA) is 49.8 Å². The van der Waals surface area contributed by atoms with Crippen LogP contribution >= 0.6 is 11.3 Å². The van der Waals surface area contributed by atoms with Gasteiger partial charge >= 0.3 is 5.97 Å². The maximum Gasteiger partial charge on any atom is 0.329 e. The van der Waals surface area contributed by atoms with Crippen LogP contribution in [0.3, 0.4) is 0 Å². The van der Waals surface area contributed by atoms with E-state index in [1.54, 1.807) is 0 Å². The van der Waals surface area contributed by atoms with Crippen molar-refractivity contribution in [1.29, 1.82) is 0 Å². The number of hydrogen-bond acceptors (Lipinski definition) is 4. The molecule has 1 saturated heterocycles. The molecule has 100 valence electrons. The van der Waals surface area contributed by atoms with Crippen LogP contribution in [0.1, 0.15) is 29.6 Å². The number of ether oxygens (including phenoxy) is 1. The number of hydrogen-bond donors (Lipinski definition) is 1. The number of thiophene rings is 1. The minimum absolute atomic E-state index is 0.211. The molecule has 4 nitrogen and oxygen atoms in total. The zero-order chi connectivity index (χ0) is 13.3. The molecule has 1 aliphatic rings. The SMILES string of the molecule is Cc1ccc(C(C)N2CC(C)(OCC(=O)O)C2)s1. The normalized spacial score (nSPS) is 20.4. The van der Waals surface area contributed by atoms with Gasteiger partial charge in [-0.3, -0.25) is 4.90 Å². The van der Waals surface area contributed by atoms with Gasteiger partial charge in [-0.15, -0.1) is 11.3 Å². The second-order valence-corrected chi connectivity index (χ2v) is 6.48. The van der Waals surface area contributed by atoms with E-state index in [9.17, 15) is 4.79 Å². The molecule has 0 aliphatic carbocycles. The van der Waals surface area contributed by atoms with Crippen LogP contribution in [0.25, 0.3) is 0 Å². The molecule has 1 fully saturated rings. The maximum atomic E-state index is 10.5. The largest absolute Gasteiger partial charge is 0.480 e. The van der Waals surface area contributed by atoms with E-state index in [0.29, 0.717) is 6.04 Å². The first kappa shape index (κ1) is 13.5. The van der Waals surface area contributed by atoms with Gasteiger partial charge in [-0.25, -0.2) is 4.79 Å². The van der Waals surface area contributed by atoms with Crippen LogP contribution < -0.4 is 0 Å². The van der Waals surface area contributed by atoms with Crippen molar-refractivity contribution >= 4 is 17.3 Å². The molecule has 0 radical (unpaired) electrons. The van der Waals surface area contributed by atoms with E-state index < -0.39 is 5.97 Å². The number of aliphatic carboxylic acids is 1. The Morgan fingerprint density at radius 1 is 1.61 bits per heavy atom. The quantitative estimate of drug-likeness (QED) is 0.891. The van der Waals surface area contributed by atoms with Crippen LogP contribution in [-0.2, 0) is 9.53 Å². The number of nitrogens with zero attached hydrogens (tertiary/aromatic N) is 1. The summed E-state index contributed by atoms with van der Waals surface area (Å²) in [5.74, 6) is -0.906. The molecule has 18 heavy (non-hydrogen) atoms. The number of rotatable bonds is 5. The molecule has 0 bridgehead atoms. The smallest absolute Gasteiger partial charge is 0.329 e. The second-order valence-electron chi connectivity index (χ2n) is 5.16. The minimum Gasteiger partial charge on any atom is -0.480 e. The average Bonchev–Trinajstić information content (AvgIpc) is 2.68. The van der Waals surface area contributed by atoms with Crippen LogP contribution in [0.4, 0.5) is 0 Å². The molecule has 1 atom stereocenters. The molecule has 0 spiro atoms. The summed E-state index contributed by atoms with van der Waals surface area (Å²) in [7, 11) is 0. The lowest BCUT2D eigenvalue weighted by molar-refractivity contribution is -0.169. The lowest BCUT2D eigenvalue weighted by atomic mass is 9.94. The molecule has 0 aromatic carbocycles. The van der Waals surface area contributed by atoms with Crippen molar-refractivity contribution in [2.45, 2.75) is 32.4 Å². The van der Waals surface area contributed by atoms with Crippen LogP contribution in [0.5, 0.6) is 0 Å². The number of likely N-dealkylation sites (tertiary alicyclic amines) is 1. The summed E-state index contributed by atoms with van der Waals surface area (Å²) in [6.07, 6.45) is 0. The lowest BCUT2D eigenvalue weighted by Crippen LogP contribution is -2.62. The predicted octanol–water partition coefficient (Wildman–Crippen LogP) is 2.29. The highest BCUT2D eigenvalue weighted by molar-refractivity contribution is 7.12. The van der Waals surface area contributed by atoms with Crippen molar-refractivity contribution in [2.24, 2.45) is 0 Å². The second kappa shape index (κ2) is 4.99. The third-order valence-electron chi connectivity index (χ3n) is 3.34. The van der Waals surface area contributed by atoms with Gasteiger partial charge in [0.15, 0.2) is 0 Å². The zero-order valence-corrected chi connectivity index (χ0v) is 11.8. The summed E-state index contributed by atoms with van der Waals surface area (Å²) >= 11 is 1.82. The van der Waals surface area contributed by atoms with Crippen LogP contribution in [0.15, 0.2) is 12.1 Å². The monoisotopic (exact) mass is 269 g/mol. The van der Waals surface area contributed by atoms with E-state index >= 15 is 0 Å². The van der Waals surface area contributed by atoms with Gasteiger partial charge in [0.25, 0.3) is 0 Å². The van der Waals surface area contributed by atoms with Gasteiger partial charge in [0.1, 0.15) is 6.61 Å². The van der Waals surface area contributed by atoms with Crippen molar-refractivity contribution < 1.29 is 14.6 Å². The zero-order valence-electron chi connectivity index (χ0n) is 11.0. The van der Waals surface area contributed by atoms with Gasteiger partial charge in [-0.05, 0) is 32.9 Å². The first-order valence-corrected chi connectivity index (χ1v) is 6.87. The third-order valence-corrected chi connectivity index (χ3v) is 4.51. The summed E-state index contributed by atoms with van der Waals surface area (Å²) < 4.78 is 5.41. The van der Waals surface area contributed by atoms with Crippen LogP contribution in [-0.4, -0.2) is 41.3 Å². The van der Waals surface area contributed by atoms with Crippen LogP contribution in [0.2, 0.25) is 0 Å². The molecule has 2 rings (SSSR count). The molecule has 0 saturated carbocycles. The van der Waals surface area contributed by atoms with E-state index in [1.165, 1.54) is 9.75 Å². The third kappa shape index (κ3) is 2.91. The van der Waals surface area contributed by atoms with Gasteiger partial charge in [-0.2, -0.15) is 0 Å². The highest BCUT2D eigenvalue weighted by Crippen LogP contribution is 2.35. The molecular weight excluding hydrogens is 250 g/mol. The Bertz CT molecular complexity index is 437. The Morgan fingerprint density at radius 2 is 2.28 bits per heavy atom. The first-order chi connectivity index (χ1) is 8.39. The molecule has 5 heteroatoms.